The van der Waals surface area contributed by atoms with Crippen molar-refractivity contribution in [2.75, 3.05) is 0 Å². The van der Waals surface area contributed by atoms with Gasteiger partial charge in [0.1, 0.15) is 34.9 Å². The van der Waals surface area contributed by atoms with Gasteiger partial charge in [-0.1, -0.05) is 170 Å². The van der Waals surface area contributed by atoms with Crippen molar-refractivity contribution in [2.45, 2.75) is 55.4 Å². The maximum absolute atomic E-state index is 12.7. The minimum Gasteiger partial charge on any atom is -0.306 e. The first-order valence-electron chi connectivity index (χ1n) is 32.4. The maximum Gasteiger partial charge on any atom is 0.104 e. The molecule has 0 atom stereocenters. The number of benzene rings is 13. The second-order valence-electron chi connectivity index (χ2n) is 25.7. The summed E-state index contributed by atoms with van der Waals surface area (Å²) >= 11 is 0. The third-order valence-corrected chi connectivity index (χ3v) is 20.0. The molecule has 0 fully saturated rings. The molecule has 6 nitrogen and oxygen atoms in total. The van der Waals surface area contributed by atoms with Crippen molar-refractivity contribution in [1.29, 1.82) is 15.8 Å². The van der Waals surface area contributed by atoms with E-state index in [1.54, 1.807) is 0 Å². The summed E-state index contributed by atoms with van der Waals surface area (Å²) in [6.45, 7) is 17.3. The molecule has 0 saturated heterocycles. The smallest absolute Gasteiger partial charge is 0.104 e. The molecule has 0 radical (unpaired) electrons. The van der Waals surface area contributed by atoms with Gasteiger partial charge in [0.05, 0.1) is 50.2 Å². The van der Waals surface area contributed by atoms with Crippen LogP contribution in [-0.2, 0) is 0 Å². The fraction of sp³-hybridized carbons (Fsp3) is 0.0899. The van der Waals surface area contributed by atoms with E-state index in [1.807, 2.05) is 12.1 Å². The average Bonchev–Trinajstić information content (AvgIpc) is 1.59. The van der Waals surface area contributed by atoms with E-state index < -0.39 is 0 Å². The molecule has 3 heterocycles. The summed E-state index contributed by atoms with van der Waals surface area (Å²) in [6.07, 6.45) is 0. The lowest BCUT2D eigenvalue weighted by atomic mass is 9.93. The predicted octanol–water partition coefficient (Wildman–Crippen LogP) is 23.1. The van der Waals surface area contributed by atoms with E-state index >= 15 is 0 Å². The molecule has 95 heavy (non-hydrogen) atoms. The molecule has 13 aromatic carbocycles. The lowest BCUT2D eigenvalue weighted by Gasteiger charge is -2.23. The Morgan fingerprint density at radius 1 is 0.211 bits per heavy atom. The van der Waals surface area contributed by atoms with Crippen LogP contribution in [0.5, 0.6) is 0 Å². The molecule has 0 unspecified atom stereocenters. The van der Waals surface area contributed by atoms with Gasteiger partial charge in [0.15, 0.2) is 0 Å². The van der Waals surface area contributed by atoms with E-state index in [0.29, 0.717) is 17.1 Å². The van der Waals surface area contributed by atoms with E-state index in [4.69, 9.17) is 0 Å². The zero-order valence-corrected chi connectivity index (χ0v) is 54.3. The topological polar surface area (TPSA) is 86.2 Å². The third-order valence-electron chi connectivity index (χ3n) is 20.0. The van der Waals surface area contributed by atoms with Gasteiger partial charge in [-0.25, -0.2) is 0 Å². The molecule has 0 aliphatic heterocycles. The van der Waals surface area contributed by atoms with Crippen molar-refractivity contribution < 1.29 is 0 Å². The van der Waals surface area contributed by atoms with Crippen LogP contribution in [0.15, 0.2) is 243 Å². The Labute approximate surface area is 552 Å². The van der Waals surface area contributed by atoms with E-state index in [2.05, 4.69) is 318 Å². The maximum atomic E-state index is 12.7. The van der Waals surface area contributed by atoms with Gasteiger partial charge in [0.2, 0.25) is 0 Å². The zero-order chi connectivity index (χ0) is 65.1. The molecule has 0 aliphatic rings. The largest absolute Gasteiger partial charge is 0.306 e. The summed E-state index contributed by atoms with van der Waals surface area (Å²) in [4.78, 5) is 0. The Bertz CT molecular complexity index is 5430. The Kier molecular flexibility index (Phi) is 13.7. The summed E-state index contributed by atoms with van der Waals surface area (Å²) in [5.74, 6) is 0. The fourth-order valence-corrected chi connectivity index (χ4v) is 15.8. The van der Waals surface area contributed by atoms with Gasteiger partial charge in [-0.3, -0.25) is 0 Å². The van der Waals surface area contributed by atoms with Gasteiger partial charge in [0, 0.05) is 32.3 Å². The van der Waals surface area contributed by atoms with Crippen molar-refractivity contribution in [3.05, 3.63) is 304 Å². The van der Waals surface area contributed by atoms with Crippen LogP contribution < -0.4 is 0 Å². The Balaban J connectivity index is 1.11. The molecule has 450 valence electrons. The molecule has 16 aromatic rings. The number of nitriles is 3. The van der Waals surface area contributed by atoms with Crippen LogP contribution in [0.25, 0.3) is 149 Å². The molecule has 0 saturated carbocycles. The van der Waals surface area contributed by atoms with Crippen molar-refractivity contribution in [2.24, 2.45) is 0 Å². The predicted molar refractivity (Wildman–Crippen MR) is 394 cm³/mol. The van der Waals surface area contributed by atoms with Crippen LogP contribution in [0, 0.1) is 89.4 Å². The fourth-order valence-electron chi connectivity index (χ4n) is 15.8. The van der Waals surface area contributed by atoms with Crippen LogP contribution in [0.3, 0.4) is 0 Å². The molecular formula is C89H64N6. The first kappa shape index (κ1) is 57.9. The average molecular weight is 1220 g/mol. The number of aryl methyl sites for hydroxylation is 8. The molecular weight excluding hydrogens is 1150 g/mol. The van der Waals surface area contributed by atoms with Crippen LogP contribution in [-0.4, -0.2) is 13.7 Å². The minimum atomic E-state index is 0.187. The molecule has 0 bridgehead atoms. The number of fused-ring (bicyclic) bond motifs is 9. The molecule has 0 amide bonds. The van der Waals surface area contributed by atoms with Crippen molar-refractivity contribution in [1.82, 2.24) is 13.7 Å². The molecule has 0 aliphatic carbocycles. The highest BCUT2D eigenvalue weighted by Gasteiger charge is 2.34. The highest BCUT2D eigenvalue weighted by atomic mass is 15.1. The van der Waals surface area contributed by atoms with E-state index in [0.717, 1.165) is 177 Å². The molecule has 6 heteroatoms. The van der Waals surface area contributed by atoms with E-state index in [1.165, 1.54) is 0 Å². The van der Waals surface area contributed by atoms with Crippen molar-refractivity contribution in [3.8, 4) is 102 Å². The number of rotatable bonds is 9. The minimum absolute atomic E-state index is 0.187. The van der Waals surface area contributed by atoms with Crippen molar-refractivity contribution in [3.63, 3.8) is 0 Å². The van der Waals surface area contributed by atoms with Gasteiger partial charge in [-0.05, 0) is 239 Å². The molecule has 0 N–H and O–H groups in total. The highest BCUT2D eigenvalue weighted by Crippen LogP contribution is 2.49. The second kappa shape index (κ2) is 22.5. The number of hydrogen-bond donors (Lipinski definition) is 0. The van der Waals surface area contributed by atoms with Crippen molar-refractivity contribution >= 4 is 65.4 Å². The molecule has 16 rings (SSSR count). The summed E-state index contributed by atoms with van der Waals surface area (Å²) in [6, 6.07) is 94.5. The van der Waals surface area contributed by atoms with Crippen LogP contribution in [0.2, 0.25) is 0 Å². The first-order valence-corrected chi connectivity index (χ1v) is 32.4. The normalized spacial score (nSPS) is 11.5. The summed E-state index contributed by atoms with van der Waals surface area (Å²) in [7, 11) is 0. The lowest BCUT2D eigenvalue weighted by molar-refractivity contribution is 1.06. The SMILES string of the molecule is Cc1cccc(C)c1-c1ccc2c(c1)c1cc(-c3c(C)cccc3C)ccc1n2-c1c(C#N)c(-n2c3ccc(-c4ccccc4)cc3c3cc(-c4ccccc4)ccc32)c(C#N)c(-n2c3ccc(-c4c(C)cccc4C)cc3c3cc(-c4c(C)cccc4C)ccc32)c1C#N. The monoisotopic (exact) mass is 1220 g/mol. The summed E-state index contributed by atoms with van der Waals surface area (Å²) < 4.78 is 6.44. The summed E-state index contributed by atoms with van der Waals surface area (Å²) in [5, 5.41) is 43.7. The standard InChI is InChI=1S/C89H64N6/c1-52-19-15-20-53(2)83(52)64-33-39-79-70(45-64)71-46-65(84-54(3)21-16-22-55(84)4)34-40-80(71)94(79)88-74(49-90)87(93-77-37-31-62(60-27-11-9-12-28-60)43-68(77)69-44-63(32-38-78(69)93)61-29-13-10-14-30-61)75(50-91)89(76(88)51-92)95-81-41-35-66(85-56(5)23-17-24-57(85)6)47-72(81)73-48-67(36-42-82(73)95)86-58(7)25-18-26-59(86)8/h9-48H,1-8H3. The van der Waals surface area contributed by atoms with Crippen LogP contribution in [0.1, 0.15) is 61.2 Å². The third kappa shape index (κ3) is 9.04. The number of nitrogens with zero attached hydrogens (tertiary/aromatic N) is 6. The van der Waals surface area contributed by atoms with Crippen LogP contribution in [0.4, 0.5) is 0 Å². The van der Waals surface area contributed by atoms with E-state index in [-0.39, 0.29) is 16.7 Å². The highest BCUT2D eigenvalue weighted by molar-refractivity contribution is 6.16. The Morgan fingerprint density at radius 2 is 0.411 bits per heavy atom. The first-order chi connectivity index (χ1) is 46.3. The Hall–Kier alpha value is -12.3. The van der Waals surface area contributed by atoms with Gasteiger partial charge in [0.25, 0.3) is 0 Å². The molecule has 0 spiro atoms. The van der Waals surface area contributed by atoms with Gasteiger partial charge in [-0.15, -0.1) is 0 Å². The van der Waals surface area contributed by atoms with E-state index in [9.17, 15) is 15.8 Å². The van der Waals surface area contributed by atoms with Gasteiger partial charge in [-0.2, -0.15) is 15.8 Å². The van der Waals surface area contributed by atoms with Gasteiger partial charge >= 0.3 is 0 Å². The quantitative estimate of drug-likeness (QED) is 0.144. The second-order valence-corrected chi connectivity index (χ2v) is 25.7. The van der Waals surface area contributed by atoms with Gasteiger partial charge < -0.3 is 13.7 Å². The molecule has 3 aromatic heterocycles. The van der Waals surface area contributed by atoms with Crippen LogP contribution >= 0.6 is 0 Å². The zero-order valence-electron chi connectivity index (χ0n) is 54.3. The lowest BCUT2D eigenvalue weighted by Crippen LogP contribution is -2.14. The number of aromatic nitrogens is 3. The number of hydrogen-bond acceptors (Lipinski definition) is 3. The summed E-state index contributed by atoms with van der Waals surface area (Å²) in [5.41, 5.74) is 28.9. The Morgan fingerprint density at radius 3 is 0.621 bits per heavy atom.